The van der Waals surface area contributed by atoms with Crippen molar-refractivity contribution in [3.63, 3.8) is 0 Å². The van der Waals surface area contributed by atoms with Gasteiger partial charge < -0.3 is 0 Å². The summed E-state index contributed by atoms with van der Waals surface area (Å²) in [7, 11) is 0. The minimum atomic E-state index is -1.42. The van der Waals surface area contributed by atoms with E-state index in [0.717, 1.165) is 18.2 Å². The topological polar surface area (TPSA) is 47.6 Å². The maximum Gasteiger partial charge on any atom is 0.194 e. The van der Waals surface area contributed by atoms with Gasteiger partial charge in [-0.1, -0.05) is 6.07 Å². The lowest BCUT2D eigenvalue weighted by Crippen LogP contribution is -1.86. The van der Waals surface area contributed by atoms with E-state index < -0.39 is 17.5 Å². The maximum absolute atomic E-state index is 12.0. The van der Waals surface area contributed by atoms with E-state index in [0.29, 0.717) is 0 Å². The summed E-state index contributed by atoms with van der Waals surface area (Å²) in [6.45, 7) is 0. The summed E-state index contributed by atoms with van der Waals surface area (Å²) in [6.07, 6.45) is 0. The molecular weight excluding hydrogens is 157 g/mol. The predicted octanol–water partition coefficient (Wildman–Crippen LogP) is 2.13. The molecule has 0 aliphatic rings. The first kappa shape index (κ1) is 9.43. The van der Waals surface area contributed by atoms with Crippen molar-refractivity contribution in [2.75, 3.05) is 0 Å². The minimum Gasteiger partial charge on any atom is -0.204 e. The van der Waals surface area contributed by atoms with Crippen molar-refractivity contribution in [3.05, 3.63) is 35.7 Å². The van der Waals surface area contributed by atoms with Gasteiger partial charge in [0.05, 0.1) is 0 Å². The van der Waals surface area contributed by atoms with Crippen LogP contribution in [0.2, 0.25) is 0 Å². The standard InChI is InChI=1S/C6H3F3.N2/c7-4-2-1-3-5(8)6(4)9;1-2/h1-3H;. The lowest BCUT2D eigenvalue weighted by molar-refractivity contribution is 0.447. The normalized spacial score (nSPS) is 8.09. The highest BCUT2D eigenvalue weighted by Gasteiger charge is 2.04. The average Bonchev–Trinajstić information content (AvgIpc) is 2.04. The lowest BCUT2D eigenvalue weighted by Gasteiger charge is -1.90. The number of rotatable bonds is 0. The van der Waals surface area contributed by atoms with Gasteiger partial charge in [0, 0.05) is 10.8 Å². The van der Waals surface area contributed by atoms with E-state index in [9.17, 15) is 13.2 Å². The van der Waals surface area contributed by atoms with Crippen LogP contribution in [0.1, 0.15) is 0 Å². The van der Waals surface area contributed by atoms with E-state index in [-0.39, 0.29) is 0 Å². The maximum atomic E-state index is 12.0. The summed E-state index contributed by atoms with van der Waals surface area (Å²) in [5.41, 5.74) is 0. The third-order valence-corrected chi connectivity index (χ3v) is 0.904. The first-order valence-corrected chi connectivity index (χ1v) is 2.51. The number of halogens is 3. The molecular formula is C6H3F3N2. The summed E-state index contributed by atoms with van der Waals surface area (Å²) >= 11 is 0. The van der Waals surface area contributed by atoms with Crippen LogP contribution >= 0.6 is 0 Å². The van der Waals surface area contributed by atoms with E-state index in [1.807, 2.05) is 0 Å². The van der Waals surface area contributed by atoms with Crippen LogP contribution in [0, 0.1) is 28.2 Å². The van der Waals surface area contributed by atoms with Crippen LogP contribution in [0.25, 0.3) is 0 Å². The Morgan fingerprint density at radius 1 is 0.909 bits per heavy atom. The van der Waals surface area contributed by atoms with E-state index in [1.165, 1.54) is 0 Å². The fraction of sp³-hybridized carbons (Fsp3) is 0. The van der Waals surface area contributed by atoms with Gasteiger partial charge >= 0.3 is 0 Å². The second kappa shape index (κ2) is 4.28. The van der Waals surface area contributed by atoms with Gasteiger partial charge in [-0.05, 0) is 12.1 Å². The molecule has 1 aromatic rings. The molecule has 0 unspecified atom stereocenters. The molecule has 0 aliphatic carbocycles. The monoisotopic (exact) mass is 160 g/mol. The second-order valence-corrected chi connectivity index (χ2v) is 1.54. The number of hydrogen-bond donors (Lipinski definition) is 0. The Balaban J connectivity index is 0.000000461. The fourth-order valence-corrected chi connectivity index (χ4v) is 0.477. The van der Waals surface area contributed by atoms with Crippen LogP contribution in [0.3, 0.4) is 0 Å². The van der Waals surface area contributed by atoms with E-state index in [2.05, 4.69) is 0 Å². The van der Waals surface area contributed by atoms with Crippen molar-refractivity contribution in [1.29, 1.82) is 10.8 Å². The molecule has 0 atom stereocenters. The molecule has 0 radical (unpaired) electrons. The van der Waals surface area contributed by atoms with Gasteiger partial charge in [0.15, 0.2) is 17.5 Å². The summed E-state index contributed by atoms with van der Waals surface area (Å²) in [5, 5.41) is 12.0. The quantitative estimate of drug-likeness (QED) is 0.431. The Kier molecular flexibility index (Phi) is 3.67. The highest BCUT2D eigenvalue weighted by atomic mass is 19.2. The average molecular weight is 160 g/mol. The van der Waals surface area contributed by atoms with Gasteiger partial charge in [-0.3, -0.25) is 0 Å². The molecule has 0 spiro atoms. The molecule has 0 heterocycles. The van der Waals surface area contributed by atoms with Gasteiger partial charge in [0.1, 0.15) is 0 Å². The van der Waals surface area contributed by atoms with Gasteiger partial charge in [-0.2, -0.15) is 0 Å². The zero-order valence-electron chi connectivity index (χ0n) is 5.26. The molecule has 0 saturated carbocycles. The molecule has 11 heavy (non-hydrogen) atoms. The molecule has 1 aromatic carbocycles. The molecule has 0 N–H and O–H groups in total. The molecule has 58 valence electrons. The number of hydrogen-bond acceptors (Lipinski definition) is 2. The van der Waals surface area contributed by atoms with Crippen molar-refractivity contribution in [1.82, 2.24) is 0 Å². The van der Waals surface area contributed by atoms with Crippen molar-refractivity contribution in [3.8, 4) is 0 Å². The molecule has 0 bridgehead atoms. The third kappa shape index (κ3) is 2.26. The van der Waals surface area contributed by atoms with Crippen LogP contribution in [-0.2, 0) is 0 Å². The van der Waals surface area contributed by atoms with Crippen molar-refractivity contribution >= 4 is 0 Å². The highest BCUT2D eigenvalue weighted by Crippen LogP contribution is 2.07. The van der Waals surface area contributed by atoms with Gasteiger partial charge in [-0.15, -0.1) is 0 Å². The highest BCUT2D eigenvalue weighted by molar-refractivity contribution is 5.07. The van der Waals surface area contributed by atoms with Crippen LogP contribution < -0.4 is 0 Å². The van der Waals surface area contributed by atoms with Crippen molar-refractivity contribution < 1.29 is 13.2 Å². The Labute approximate surface area is 60.7 Å². The molecule has 0 aliphatic heterocycles. The van der Waals surface area contributed by atoms with Crippen LogP contribution in [-0.4, -0.2) is 0 Å². The smallest absolute Gasteiger partial charge is 0.194 e. The molecule has 0 amide bonds. The Bertz CT molecular complexity index is 239. The molecule has 0 aromatic heterocycles. The number of nitrogens with zero attached hydrogens (tertiary/aromatic N) is 2. The summed E-state index contributed by atoms with van der Waals surface area (Å²) in [5.74, 6) is -3.73. The summed E-state index contributed by atoms with van der Waals surface area (Å²) in [4.78, 5) is 0. The molecule has 1 rings (SSSR count). The minimum absolute atomic E-state index is 0.860. The van der Waals surface area contributed by atoms with Gasteiger partial charge in [-0.25, -0.2) is 13.2 Å². The van der Waals surface area contributed by atoms with E-state index in [4.69, 9.17) is 10.8 Å². The van der Waals surface area contributed by atoms with E-state index in [1.54, 1.807) is 0 Å². The van der Waals surface area contributed by atoms with Crippen LogP contribution in [0.15, 0.2) is 18.2 Å². The van der Waals surface area contributed by atoms with Crippen LogP contribution in [0.4, 0.5) is 13.2 Å². The van der Waals surface area contributed by atoms with Crippen LogP contribution in [0.5, 0.6) is 0 Å². The first-order chi connectivity index (χ1) is 5.22. The van der Waals surface area contributed by atoms with Gasteiger partial charge in [0.25, 0.3) is 0 Å². The Hall–Kier alpha value is -1.57. The number of benzene rings is 1. The third-order valence-electron chi connectivity index (χ3n) is 0.904. The van der Waals surface area contributed by atoms with E-state index >= 15 is 0 Å². The Morgan fingerprint density at radius 3 is 1.55 bits per heavy atom. The fourth-order valence-electron chi connectivity index (χ4n) is 0.477. The van der Waals surface area contributed by atoms with Gasteiger partial charge in [0.2, 0.25) is 0 Å². The van der Waals surface area contributed by atoms with Crippen molar-refractivity contribution in [2.24, 2.45) is 0 Å². The SMILES string of the molecule is Fc1cccc(F)c1F.N#N. The summed E-state index contributed by atoms with van der Waals surface area (Å²) in [6, 6.07) is 2.82. The second-order valence-electron chi connectivity index (χ2n) is 1.54. The zero-order valence-corrected chi connectivity index (χ0v) is 5.26. The largest absolute Gasteiger partial charge is 0.204 e. The molecule has 0 fully saturated rings. The zero-order chi connectivity index (χ0) is 8.85. The summed E-state index contributed by atoms with van der Waals surface area (Å²) < 4.78 is 35.9. The molecule has 2 nitrogen and oxygen atoms in total. The van der Waals surface area contributed by atoms with Crippen molar-refractivity contribution in [2.45, 2.75) is 0 Å². The molecule has 5 heteroatoms. The predicted molar refractivity (Wildman–Crippen MR) is 29.8 cm³/mol. The Morgan fingerprint density at radius 2 is 1.27 bits per heavy atom. The molecule has 0 saturated heterocycles. The first-order valence-electron chi connectivity index (χ1n) is 2.51. The lowest BCUT2D eigenvalue weighted by atomic mass is 10.3.